The number of carbonyl (C=O) groups excluding carboxylic acids is 1. The molecular formula is C24H32N2O5. The number of rotatable bonds is 12. The number of aliphatic hydroxyl groups excluding tert-OH is 1. The molecule has 0 bridgehead atoms. The second-order valence-corrected chi connectivity index (χ2v) is 7.70. The van der Waals surface area contributed by atoms with Gasteiger partial charge in [0, 0.05) is 25.1 Å². The molecule has 7 heteroatoms. The normalized spacial score (nSPS) is 16.9. The van der Waals surface area contributed by atoms with Gasteiger partial charge in [0.15, 0.2) is 0 Å². The number of β-amino-alcohol motifs (C(OH)–C–C–N with tert-alkyl or cyclic N) is 1. The molecule has 2 aromatic carbocycles. The number of methoxy groups -OCH3 is 2. The van der Waals surface area contributed by atoms with E-state index in [1.807, 2.05) is 42.5 Å². The van der Waals surface area contributed by atoms with Gasteiger partial charge in [0.05, 0.1) is 20.8 Å². The molecule has 1 saturated heterocycles. The van der Waals surface area contributed by atoms with Crippen LogP contribution in [0.25, 0.3) is 0 Å². The molecule has 1 aliphatic heterocycles. The largest absolute Gasteiger partial charge is 0.497 e. The van der Waals surface area contributed by atoms with Gasteiger partial charge in [-0.1, -0.05) is 18.2 Å². The summed E-state index contributed by atoms with van der Waals surface area (Å²) in [6, 6.07) is 15.4. The summed E-state index contributed by atoms with van der Waals surface area (Å²) in [5.41, 5.74) is 1.19. The van der Waals surface area contributed by atoms with Crippen LogP contribution < -0.4 is 19.5 Å². The van der Waals surface area contributed by atoms with E-state index >= 15 is 0 Å². The maximum absolute atomic E-state index is 12.3. The average Bonchev–Trinajstić information content (AvgIpc) is 3.15. The molecule has 1 heterocycles. The minimum Gasteiger partial charge on any atom is -0.497 e. The molecule has 168 valence electrons. The van der Waals surface area contributed by atoms with Crippen molar-refractivity contribution in [2.24, 2.45) is 0 Å². The molecule has 0 saturated carbocycles. The fourth-order valence-electron chi connectivity index (χ4n) is 3.75. The Morgan fingerprint density at radius 1 is 1.10 bits per heavy atom. The van der Waals surface area contributed by atoms with Crippen molar-refractivity contribution in [3.63, 3.8) is 0 Å². The first-order valence-corrected chi connectivity index (χ1v) is 10.7. The van der Waals surface area contributed by atoms with E-state index in [0.29, 0.717) is 17.9 Å². The molecule has 0 aromatic heterocycles. The number of aliphatic hydroxyl groups is 1. The number of likely N-dealkylation sites (tertiary alicyclic amines) is 1. The molecular weight excluding hydrogens is 396 g/mol. The zero-order valence-corrected chi connectivity index (χ0v) is 18.3. The summed E-state index contributed by atoms with van der Waals surface area (Å²) in [6.45, 7) is 1.98. The highest BCUT2D eigenvalue weighted by Gasteiger charge is 2.31. The number of hydrogen-bond donors (Lipinski definition) is 2. The first-order chi connectivity index (χ1) is 15.1. The van der Waals surface area contributed by atoms with E-state index in [1.165, 1.54) is 5.56 Å². The maximum atomic E-state index is 12.3. The fraction of sp³-hybridized carbons (Fsp3) is 0.458. The summed E-state index contributed by atoms with van der Waals surface area (Å²) in [7, 11) is 3.25. The lowest BCUT2D eigenvalue weighted by atomic mass is 10.1. The summed E-state index contributed by atoms with van der Waals surface area (Å²) in [6.07, 6.45) is 1.47. The Hall–Kier alpha value is -2.77. The van der Waals surface area contributed by atoms with Crippen molar-refractivity contribution in [3.05, 3.63) is 54.1 Å². The molecule has 0 aliphatic carbocycles. The predicted molar refractivity (Wildman–Crippen MR) is 119 cm³/mol. The van der Waals surface area contributed by atoms with E-state index < -0.39 is 6.10 Å². The van der Waals surface area contributed by atoms with Crippen molar-refractivity contribution in [2.75, 3.05) is 33.9 Å². The van der Waals surface area contributed by atoms with E-state index in [4.69, 9.17) is 14.2 Å². The number of nitrogens with one attached hydrogen (secondary N) is 1. The smallest absolute Gasteiger partial charge is 0.222 e. The van der Waals surface area contributed by atoms with Crippen molar-refractivity contribution < 1.29 is 24.1 Å². The van der Waals surface area contributed by atoms with Crippen molar-refractivity contribution in [1.29, 1.82) is 0 Å². The SMILES string of the molecule is COc1ccc(CNCC[C@H]2CCC(=O)N2C[C@@H](O)COc2cccc(OC)c2)cc1. The van der Waals surface area contributed by atoms with Gasteiger partial charge in [-0.2, -0.15) is 0 Å². The van der Waals surface area contributed by atoms with Crippen LogP contribution in [0.4, 0.5) is 0 Å². The topological polar surface area (TPSA) is 80.3 Å². The fourth-order valence-corrected chi connectivity index (χ4v) is 3.75. The summed E-state index contributed by atoms with van der Waals surface area (Å²) in [5, 5.41) is 13.9. The molecule has 7 nitrogen and oxygen atoms in total. The molecule has 0 spiro atoms. The lowest BCUT2D eigenvalue weighted by Gasteiger charge is -2.27. The van der Waals surface area contributed by atoms with Gasteiger partial charge in [0.1, 0.15) is 30.0 Å². The van der Waals surface area contributed by atoms with E-state index in [2.05, 4.69) is 5.32 Å². The standard InChI is InChI=1S/C24H32N2O5/c1-29-21-9-6-18(7-10-21)15-25-13-12-19-8-11-24(28)26(19)16-20(27)17-31-23-5-3-4-22(14-23)30-2/h3-7,9-10,14,19-20,25,27H,8,11-13,15-17H2,1-2H3/t19-,20-/m1/s1. The first-order valence-electron chi connectivity index (χ1n) is 10.7. The molecule has 31 heavy (non-hydrogen) atoms. The molecule has 1 aliphatic rings. The lowest BCUT2D eigenvalue weighted by Crippen LogP contribution is -2.42. The third-order valence-electron chi connectivity index (χ3n) is 5.49. The zero-order valence-electron chi connectivity index (χ0n) is 18.3. The molecule has 1 fully saturated rings. The van der Waals surface area contributed by atoms with Gasteiger partial charge in [-0.25, -0.2) is 0 Å². The second kappa shape index (κ2) is 11.6. The second-order valence-electron chi connectivity index (χ2n) is 7.70. The van der Waals surface area contributed by atoms with Crippen LogP contribution in [0.1, 0.15) is 24.8 Å². The van der Waals surface area contributed by atoms with Gasteiger partial charge < -0.3 is 29.5 Å². The molecule has 0 unspecified atom stereocenters. The van der Waals surface area contributed by atoms with E-state index in [9.17, 15) is 9.90 Å². The van der Waals surface area contributed by atoms with Gasteiger partial charge in [-0.15, -0.1) is 0 Å². The van der Waals surface area contributed by atoms with Crippen LogP contribution in [0, 0.1) is 0 Å². The van der Waals surface area contributed by atoms with Crippen LogP contribution in [-0.4, -0.2) is 62.0 Å². The van der Waals surface area contributed by atoms with Crippen molar-refractivity contribution in [2.45, 2.75) is 38.0 Å². The monoisotopic (exact) mass is 428 g/mol. The quantitative estimate of drug-likeness (QED) is 0.506. The van der Waals surface area contributed by atoms with Crippen LogP contribution in [-0.2, 0) is 11.3 Å². The number of carbonyl (C=O) groups is 1. The Labute approximate surface area is 183 Å². The molecule has 2 aromatic rings. The van der Waals surface area contributed by atoms with Crippen LogP contribution >= 0.6 is 0 Å². The number of hydrogen-bond acceptors (Lipinski definition) is 6. The Kier molecular flexibility index (Phi) is 8.55. The average molecular weight is 429 g/mol. The number of ether oxygens (including phenoxy) is 3. The van der Waals surface area contributed by atoms with Crippen LogP contribution in [0.15, 0.2) is 48.5 Å². The minimum absolute atomic E-state index is 0.0978. The van der Waals surface area contributed by atoms with Gasteiger partial charge in [-0.3, -0.25) is 4.79 Å². The number of benzene rings is 2. The lowest BCUT2D eigenvalue weighted by molar-refractivity contribution is -0.130. The van der Waals surface area contributed by atoms with E-state index in [-0.39, 0.29) is 25.1 Å². The van der Waals surface area contributed by atoms with Gasteiger partial charge in [0.25, 0.3) is 0 Å². The van der Waals surface area contributed by atoms with E-state index in [0.717, 1.165) is 31.7 Å². The number of amides is 1. The highest BCUT2D eigenvalue weighted by atomic mass is 16.5. The molecule has 1 amide bonds. The third kappa shape index (κ3) is 6.87. The van der Waals surface area contributed by atoms with E-state index in [1.54, 1.807) is 25.2 Å². The van der Waals surface area contributed by atoms with Gasteiger partial charge in [-0.05, 0) is 49.2 Å². The Balaban J connectivity index is 1.41. The first kappa shape index (κ1) is 22.9. The highest BCUT2D eigenvalue weighted by molar-refractivity contribution is 5.78. The Bertz CT molecular complexity index is 827. The third-order valence-corrected chi connectivity index (χ3v) is 5.49. The summed E-state index contributed by atoms with van der Waals surface area (Å²) < 4.78 is 16.0. The summed E-state index contributed by atoms with van der Waals surface area (Å²) >= 11 is 0. The van der Waals surface area contributed by atoms with Crippen molar-refractivity contribution >= 4 is 5.91 Å². The summed E-state index contributed by atoms with van der Waals surface area (Å²) in [4.78, 5) is 14.1. The van der Waals surface area contributed by atoms with Crippen LogP contribution in [0.3, 0.4) is 0 Å². The minimum atomic E-state index is -0.747. The molecule has 2 N–H and O–H groups in total. The van der Waals surface area contributed by atoms with Crippen molar-refractivity contribution in [3.8, 4) is 17.2 Å². The van der Waals surface area contributed by atoms with Crippen LogP contribution in [0.2, 0.25) is 0 Å². The predicted octanol–water partition coefficient (Wildman–Crippen LogP) is 2.61. The van der Waals surface area contributed by atoms with Crippen molar-refractivity contribution in [1.82, 2.24) is 10.2 Å². The number of nitrogens with zero attached hydrogens (tertiary/aromatic N) is 1. The Morgan fingerprint density at radius 2 is 1.84 bits per heavy atom. The Morgan fingerprint density at radius 3 is 2.58 bits per heavy atom. The highest BCUT2D eigenvalue weighted by Crippen LogP contribution is 2.22. The molecule has 2 atom stereocenters. The van der Waals surface area contributed by atoms with Crippen LogP contribution in [0.5, 0.6) is 17.2 Å². The zero-order chi connectivity index (χ0) is 22.1. The molecule has 0 radical (unpaired) electrons. The van der Waals surface area contributed by atoms with Gasteiger partial charge in [0.2, 0.25) is 5.91 Å². The molecule has 3 rings (SSSR count). The maximum Gasteiger partial charge on any atom is 0.222 e. The van der Waals surface area contributed by atoms with Gasteiger partial charge >= 0.3 is 0 Å². The summed E-state index contributed by atoms with van der Waals surface area (Å²) in [5.74, 6) is 2.27.